The van der Waals surface area contributed by atoms with Crippen molar-refractivity contribution in [3.63, 3.8) is 0 Å². The molecule has 34 heavy (non-hydrogen) atoms. The molecule has 1 aliphatic rings. The van der Waals surface area contributed by atoms with E-state index in [4.69, 9.17) is 4.74 Å². The van der Waals surface area contributed by atoms with Gasteiger partial charge >= 0.3 is 0 Å². The van der Waals surface area contributed by atoms with Crippen molar-refractivity contribution in [1.82, 2.24) is 5.32 Å². The largest absolute Gasteiger partial charge is 0.488 e. The zero-order valence-electron chi connectivity index (χ0n) is 18.3. The molecular weight excluding hydrogens is 518 g/mol. The number of aryl methyl sites for hydroxylation is 1. The van der Waals surface area contributed by atoms with Gasteiger partial charge in [-0.1, -0.05) is 36.9 Å². The molecule has 0 spiro atoms. The van der Waals surface area contributed by atoms with Crippen LogP contribution in [0.1, 0.15) is 23.6 Å². The highest BCUT2D eigenvalue weighted by atomic mass is 79.9. The number of nitro groups is 1. The lowest BCUT2D eigenvalue weighted by Gasteiger charge is -2.12. The molecule has 1 saturated heterocycles. The van der Waals surface area contributed by atoms with E-state index < -0.39 is 4.92 Å². The van der Waals surface area contributed by atoms with Crippen LogP contribution in [0.2, 0.25) is 0 Å². The summed E-state index contributed by atoms with van der Waals surface area (Å²) in [7, 11) is 0. The van der Waals surface area contributed by atoms with E-state index in [-0.39, 0.29) is 23.7 Å². The average Bonchev–Trinajstić information content (AvgIpc) is 3.17. The van der Waals surface area contributed by atoms with Crippen molar-refractivity contribution in [3.8, 4) is 5.75 Å². The van der Waals surface area contributed by atoms with E-state index in [1.165, 1.54) is 29.5 Å². The molecule has 174 valence electrons. The number of hydrogen-bond acceptors (Lipinski definition) is 6. The summed E-state index contributed by atoms with van der Waals surface area (Å²) in [5.74, 6) is 0.515. The van der Waals surface area contributed by atoms with E-state index in [0.29, 0.717) is 10.7 Å². The Morgan fingerprint density at radius 2 is 1.82 bits per heavy atom. The van der Waals surface area contributed by atoms with Crippen LogP contribution in [0.15, 0.2) is 76.1 Å². The molecule has 1 atom stereocenters. The van der Waals surface area contributed by atoms with Gasteiger partial charge in [-0.15, -0.1) is 0 Å². The van der Waals surface area contributed by atoms with E-state index in [2.05, 4.69) is 45.6 Å². The molecule has 0 aliphatic carbocycles. The lowest BCUT2D eigenvalue weighted by molar-refractivity contribution is -0.384. The highest BCUT2D eigenvalue weighted by molar-refractivity contribution is 9.10. The number of nitro benzene ring substituents is 1. The summed E-state index contributed by atoms with van der Waals surface area (Å²) < 4.78 is 6.59. The fourth-order valence-electron chi connectivity index (χ4n) is 3.30. The van der Waals surface area contributed by atoms with Crippen molar-refractivity contribution in [2.75, 3.05) is 5.32 Å². The smallest absolute Gasteiger partial charge is 0.269 e. The van der Waals surface area contributed by atoms with Gasteiger partial charge in [-0.25, -0.2) is 0 Å². The Hall–Kier alpha value is -3.30. The van der Waals surface area contributed by atoms with Gasteiger partial charge in [0.15, 0.2) is 5.50 Å². The average molecular weight is 540 g/mol. The maximum atomic E-state index is 12.4. The molecule has 1 amide bonds. The van der Waals surface area contributed by atoms with Gasteiger partial charge in [-0.3, -0.25) is 14.9 Å². The summed E-state index contributed by atoms with van der Waals surface area (Å²) in [5.41, 5.74) is 3.71. The third-order valence-electron chi connectivity index (χ3n) is 5.19. The first-order valence-electron chi connectivity index (χ1n) is 10.6. The number of carbonyl (C=O) groups is 1. The molecule has 1 aliphatic heterocycles. The van der Waals surface area contributed by atoms with Crippen molar-refractivity contribution in [2.45, 2.75) is 25.4 Å². The quantitative estimate of drug-likeness (QED) is 0.204. The molecule has 0 bridgehead atoms. The fraction of sp³-hybridized carbons (Fsp3) is 0.160. The van der Waals surface area contributed by atoms with E-state index in [1.807, 2.05) is 36.4 Å². The third kappa shape index (κ3) is 5.98. The van der Waals surface area contributed by atoms with Crippen molar-refractivity contribution in [2.24, 2.45) is 0 Å². The molecule has 2 N–H and O–H groups in total. The van der Waals surface area contributed by atoms with Crippen molar-refractivity contribution < 1.29 is 14.5 Å². The molecule has 0 aromatic heterocycles. The topological polar surface area (TPSA) is 93.5 Å². The number of rotatable bonds is 8. The number of nitrogens with one attached hydrogen (secondary N) is 2. The molecule has 0 unspecified atom stereocenters. The van der Waals surface area contributed by atoms with Gasteiger partial charge in [0.05, 0.1) is 14.3 Å². The molecule has 1 heterocycles. The van der Waals surface area contributed by atoms with Gasteiger partial charge < -0.3 is 15.4 Å². The minimum atomic E-state index is -0.431. The highest BCUT2D eigenvalue weighted by Crippen LogP contribution is 2.33. The van der Waals surface area contributed by atoms with Crippen molar-refractivity contribution in [3.05, 3.63) is 103 Å². The first kappa shape index (κ1) is 23.8. The second kappa shape index (κ2) is 10.8. The standard InChI is InChI=1S/C25H22BrN3O4S/c1-2-16-3-8-19(9-4-16)27-25-28-24(30)23(34-25)14-18-7-12-22(21(26)13-18)33-15-17-5-10-20(11-6-17)29(31)32/h3-14,25,27H,2,15H2,1H3,(H,28,30)/b23-14-/t25-/m1/s1. The molecule has 0 saturated carbocycles. The molecule has 9 heteroatoms. The van der Waals surface area contributed by atoms with Gasteiger partial charge in [-0.05, 0) is 81.5 Å². The number of non-ortho nitro benzene ring substituents is 1. The molecule has 3 aromatic rings. The number of amides is 1. The number of ether oxygens (including phenoxy) is 1. The number of benzene rings is 3. The number of carbonyl (C=O) groups excluding carboxylic acids is 1. The number of hydrogen-bond donors (Lipinski definition) is 2. The van der Waals surface area contributed by atoms with Gasteiger partial charge in [0.25, 0.3) is 11.6 Å². The molecular formula is C25H22BrN3O4S. The second-order valence-electron chi connectivity index (χ2n) is 7.58. The van der Waals surface area contributed by atoms with E-state index in [1.54, 1.807) is 12.1 Å². The summed E-state index contributed by atoms with van der Waals surface area (Å²) in [4.78, 5) is 23.4. The van der Waals surface area contributed by atoms with Crippen LogP contribution in [-0.2, 0) is 17.8 Å². The summed E-state index contributed by atoms with van der Waals surface area (Å²) >= 11 is 4.95. The second-order valence-corrected chi connectivity index (χ2v) is 9.58. The lowest BCUT2D eigenvalue weighted by atomic mass is 10.1. The minimum Gasteiger partial charge on any atom is -0.488 e. The maximum Gasteiger partial charge on any atom is 0.269 e. The number of nitrogens with zero attached hydrogens (tertiary/aromatic N) is 1. The molecule has 1 fully saturated rings. The van der Waals surface area contributed by atoms with E-state index in [0.717, 1.165) is 27.7 Å². The Bertz CT molecular complexity index is 1230. The Kier molecular flexibility index (Phi) is 7.54. The van der Waals surface area contributed by atoms with Crippen LogP contribution in [-0.4, -0.2) is 16.3 Å². The molecule has 7 nitrogen and oxygen atoms in total. The number of anilines is 1. The summed E-state index contributed by atoms with van der Waals surface area (Å²) in [6.07, 6.45) is 2.82. The normalized spacial score (nSPS) is 16.4. The first-order chi connectivity index (χ1) is 16.4. The van der Waals surface area contributed by atoms with Crippen molar-refractivity contribution in [1.29, 1.82) is 0 Å². The Morgan fingerprint density at radius 1 is 1.12 bits per heavy atom. The van der Waals surface area contributed by atoms with Crippen LogP contribution in [0.3, 0.4) is 0 Å². The minimum absolute atomic E-state index is 0.0444. The highest BCUT2D eigenvalue weighted by Gasteiger charge is 2.27. The molecule has 4 rings (SSSR count). The number of halogens is 1. The monoisotopic (exact) mass is 539 g/mol. The van der Waals surface area contributed by atoms with Crippen LogP contribution in [0.4, 0.5) is 11.4 Å². The van der Waals surface area contributed by atoms with E-state index in [9.17, 15) is 14.9 Å². The maximum absolute atomic E-state index is 12.4. The van der Waals surface area contributed by atoms with Gasteiger partial charge in [0.1, 0.15) is 12.4 Å². The van der Waals surface area contributed by atoms with Crippen LogP contribution in [0.5, 0.6) is 5.75 Å². The van der Waals surface area contributed by atoms with E-state index >= 15 is 0 Å². The zero-order valence-corrected chi connectivity index (χ0v) is 20.7. The van der Waals surface area contributed by atoms with Gasteiger partial charge in [-0.2, -0.15) is 0 Å². The van der Waals surface area contributed by atoms with Crippen molar-refractivity contribution >= 4 is 51.0 Å². The van der Waals surface area contributed by atoms with Crippen LogP contribution < -0.4 is 15.4 Å². The zero-order chi connectivity index (χ0) is 24.1. The predicted molar refractivity (Wildman–Crippen MR) is 139 cm³/mol. The fourth-order valence-corrected chi connectivity index (χ4v) is 4.80. The van der Waals surface area contributed by atoms with Crippen LogP contribution in [0, 0.1) is 10.1 Å². The Balaban J connectivity index is 1.37. The summed E-state index contributed by atoms with van der Waals surface area (Å²) in [6, 6.07) is 20.0. The van der Waals surface area contributed by atoms with Gasteiger partial charge in [0, 0.05) is 17.8 Å². The predicted octanol–water partition coefficient (Wildman–Crippen LogP) is 6.10. The summed E-state index contributed by atoms with van der Waals surface area (Å²) in [6.45, 7) is 2.39. The SMILES string of the molecule is CCc1ccc(N[C@@H]2NC(=O)/C(=C/c3ccc(OCc4ccc([N+](=O)[O-])cc4)c(Br)c3)S2)cc1. The first-order valence-corrected chi connectivity index (χ1v) is 12.3. The lowest BCUT2D eigenvalue weighted by Crippen LogP contribution is -2.30. The third-order valence-corrected chi connectivity index (χ3v) is 6.83. The van der Waals surface area contributed by atoms with Crippen LogP contribution in [0.25, 0.3) is 6.08 Å². The Morgan fingerprint density at radius 3 is 2.47 bits per heavy atom. The number of thioether (sulfide) groups is 1. The Labute approximate surface area is 209 Å². The van der Waals surface area contributed by atoms with Crippen LogP contribution >= 0.6 is 27.7 Å². The molecule has 3 aromatic carbocycles. The van der Waals surface area contributed by atoms with Gasteiger partial charge in [0.2, 0.25) is 0 Å². The summed E-state index contributed by atoms with van der Waals surface area (Å²) in [5, 5.41) is 17.0. The molecule has 0 radical (unpaired) electrons.